The van der Waals surface area contributed by atoms with E-state index in [1.54, 1.807) is 12.1 Å². The lowest BCUT2D eigenvalue weighted by molar-refractivity contribution is -0.144. The molecule has 0 heterocycles. The predicted molar refractivity (Wildman–Crippen MR) is 55.2 cm³/mol. The molecule has 0 unspecified atom stereocenters. The van der Waals surface area contributed by atoms with Crippen LogP contribution in [0.5, 0.6) is 5.75 Å². The topological polar surface area (TPSA) is 95.6 Å². The molecule has 0 saturated carbocycles. The third-order valence-corrected chi connectivity index (χ3v) is 2.28. The number of rotatable bonds is 4. The van der Waals surface area contributed by atoms with Crippen LogP contribution < -0.4 is 11.3 Å². The van der Waals surface area contributed by atoms with Crippen LogP contribution >= 0.6 is 0 Å². The standard InChI is InChI=1S/C10H14N2O3/c1-10(12-11,9(14)15)6-7-2-4-8(13)5-3-7/h2-5,12-13H,6,11H2,1H3,(H,14,15)/t10-/m0/s1. The fraction of sp³-hybridized carbons (Fsp3) is 0.300. The summed E-state index contributed by atoms with van der Waals surface area (Å²) in [5.41, 5.74) is 1.87. The number of aliphatic carboxylic acids is 1. The fourth-order valence-electron chi connectivity index (χ4n) is 1.21. The summed E-state index contributed by atoms with van der Waals surface area (Å²) < 4.78 is 0. The average molecular weight is 210 g/mol. The zero-order valence-corrected chi connectivity index (χ0v) is 8.40. The van der Waals surface area contributed by atoms with E-state index in [2.05, 4.69) is 5.43 Å². The van der Waals surface area contributed by atoms with Crippen molar-refractivity contribution >= 4 is 5.97 Å². The highest BCUT2D eigenvalue weighted by molar-refractivity contribution is 5.78. The van der Waals surface area contributed by atoms with Gasteiger partial charge in [0.15, 0.2) is 0 Å². The molecule has 1 atom stereocenters. The molecule has 0 spiro atoms. The van der Waals surface area contributed by atoms with E-state index in [-0.39, 0.29) is 12.2 Å². The van der Waals surface area contributed by atoms with Gasteiger partial charge in [0.1, 0.15) is 11.3 Å². The number of carboxylic acids is 1. The summed E-state index contributed by atoms with van der Waals surface area (Å²) in [6.07, 6.45) is 0.249. The fourth-order valence-corrected chi connectivity index (χ4v) is 1.21. The van der Waals surface area contributed by atoms with Crippen molar-refractivity contribution in [2.24, 2.45) is 5.84 Å². The molecule has 0 amide bonds. The molecule has 1 aromatic rings. The van der Waals surface area contributed by atoms with Gasteiger partial charge in [-0.1, -0.05) is 12.1 Å². The van der Waals surface area contributed by atoms with Gasteiger partial charge >= 0.3 is 5.97 Å². The Hall–Kier alpha value is -1.59. The second-order valence-corrected chi connectivity index (χ2v) is 3.62. The maximum atomic E-state index is 10.9. The number of nitrogens with two attached hydrogens (primary N) is 1. The summed E-state index contributed by atoms with van der Waals surface area (Å²) in [4.78, 5) is 10.9. The Bertz CT molecular complexity index is 350. The van der Waals surface area contributed by atoms with Gasteiger partial charge in [0.2, 0.25) is 0 Å². The van der Waals surface area contributed by atoms with Crippen molar-refractivity contribution in [3.8, 4) is 5.75 Å². The van der Waals surface area contributed by atoms with Crippen molar-refractivity contribution in [2.45, 2.75) is 18.9 Å². The van der Waals surface area contributed by atoms with Crippen LogP contribution in [-0.4, -0.2) is 21.7 Å². The van der Waals surface area contributed by atoms with E-state index in [0.29, 0.717) is 0 Å². The first-order chi connectivity index (χ1) is 6.98. The Morgan fingerprint density at radius 2 is 2.00 bits per heavy atom. The Morgan fingerprint density at radius 1 is 1.47 bits per heavy atom. The minimum absolute atomic E-state index is 0.150. The highest BCUT2D eigenvalue weighted by atomic mass is 16.4. The van der Waals surface area contributed by atoms with E-state index >= 15 is 0 Å². The van der Waals surface area contributed by atoms with Gasteiger partial charge < -0.3 is 10.2 Å². The van der Waals surface area contributed by atoms with Crippen LogP contribution in [0.4, 0.5) is 0 Å². The van der Waals surface area contributed by atoms with Gasteiger partial charge in [0.25, 0.3) is 0 Å². The van der Waals surface area contributed by atoms with Crippen molar-refractivity contribution in [3.63, 3.8) is 0 Å². The zero-order valence-electron chi connectivity index (χ0n) is 8.40. The molecule has 5 nitrogen and oxygen atoms in total. The van der Waals surface area contributed by atoms with Crippen LogP contribution in [0.1, 0.15) is 12.5 Å². The van der Waals surface area contributed by atoms with Gasteiger partial charge in [-0.05, 0) is 24.6 Å². The summed E-state index contributed by atoms with van der Waals surface area (Å²) in [5.74, 6) is 4.34. The van der Waals surface area contributed by atoms with Crippen molar-refractivity contribution in [1.82, 2.24) is 5.43 Å². The van der Waals surface area contributed by atoms with Crippen molar-refractivity contribution in [3.05, 3.63) is 29.8 Å². The highest BCUT2D eigenvalue weighted by Crippen LogP contribution is 2.16. The van der Waals surface area contributed by atoms with E-state index in [1.165, 1.54) is 19.1 Å². The lowest BCUT2D eigenvalue weighted by atomic mass is 9.94. The van der Waals surface area contributed by atoms with Crippen molar-refractivity contribution < 1.29 is 15.0 Å². The SMILES string of the molecule is C[C@@](Cc1ccc(O)cc1)(NN)C(=O)O. The van der Waals surface area contributed by atoms with E-state index in [1.807, 2.05) is 0 Å². The van der Waals surface area contributed by atoms with Crippen molar-refractivity contribution in [2.75, 3.05) is 0 Å². The predicted octanol–water partition coefficient (Wildman–Crippen LogP) is 0.241. The van der Waals surface area contributed by atoms with Gasteiger partial charge in [0, 0.05) is 6.42 Å². The van der Waals surface area contributed by atoms with Gasteiger partial charge in [-0.3, -0.25) is 10.6 Å². The van der Waals surface area contributed by atoms with Crippen LogP contribution in [0.2, 0.25) is 0 Å². The quantitative estimate of drug-likeness (QED) is 0.422. The number of hydrogen-bond acceptors (Lipinski definition) is 4. The molecule has 0 radical (unpaired) electrons. The first-order valence-electron chi connectivity index (χ1n) is 4.47. The maximum absolute atomic E-state index is 10.9. The lowest BCUT2D eigenvalue weighted by Crippen LogP contribution is -2.54. The molecule has 1 rings (SSSR count). The van der Waals surface area contributed by atoms with Gasteiger partial charge in [0.05, 0.1) is 0 Å². The molecule has 0 aliphatic carbocycles. The van der Waals surface area contributed by atoms with Crippen LogP contribution in [-0.2, 0) is 11.2 Å². The number of benzene rings is 1. The zero-order chi connectivity index (χ0) is 11.5. The second-order valence-electron chi connectivity index (χ2n) is 3.62. The van der Waals surface area contributed by atoms with E-state index in [0.717, 1.165) is 5.56 Å². The maximum Gasteiger partial charge on any atom is 0.325 e. The number of phenolic OH excluding ortho intramolecular Hbond substituents is 1. The third-order valence-electron chi connectivity index (χ3n) is 2.28. The monoisotopic (exact) mass is 210 g/mol. The minimum atomic E-state index is -1.20. The highest BCUT2D eigenvalue weighted by Gasteiger charge is 2.31. The first-order valence-corrected chi connectivity index (χ1v) is 4.47. The van der Waals surface area contributed by atoms with Crippen LogP contribution in [0.3, 0.4) is 0 Å². The average Bonchev–Trinajstić information content (AvgIpc) is 2.21. The summed E-state index contributed by atoms with van der Waals surface area (Å²) >= 11 is 0. The summed E-state index contributed by atoms with van der Waals surface area (Å²) in [6, 6.07) is 6.34. The summed E-state index contributed by atoms with van der Waals surface area (Å²) in [5, 5.41) is 18.0. The molecule has 15 heavy (non-hydrogen) atoms. The summed E-state index contributed by atoms with van der Waals surface area (Å²) in [6.45, 7) is 1.50. The molecule has 5 heteroatoms. The van der Waals surface area contributed by atoms with Crippen LogP contribution in [0.25, 0.3) is 0 Å². The van der Waals surface area contributed by atoms with Crippen LogP contribution in [0.15, 0.2) is 24.3 Å². The van der Waals surface area contributed by atoms with E-state index < -0.39 is 11.5 Å². The number of aromatic hydroxyl groups is 1. The molecule has 0 bridgehead atoms. The van der Waals surface area contributed by atoms with Crippen LogP contribution in [0, 0.1) is 0 Å². The smallest absolute Gasteiger partial charge is 0.325 e. The van der Waals surface area contributed by atoms with E-state index in [4.69, 9.17) is 16.1 Å². The molecule has 1 aromatic carbocycles. The number of carbonyl (C=O) groups is 1. The van der Waals surface area contributed by atoms with Crippen molar-refractivity contribution in [1.29, 1.82) is 0 Å². The normalized spacial score (nSPS) is 14.5. The third kappa shape index (κ3) is 2.68. The number of hydrogen-bond donors (Lipinski definition) is 4. The summed E-state index contributed by atoms with van der Waals surface area (Å²) in [7, 11) is 0. The number of phenols is 1. The molecule has 0 aliphatic heterocycles. The van der Waals surface area contributed by atoms with E-state index in [9.17, 15) is 4.79 Å². The Balaban J connectivity index is 2.84. The van der Waals surface area contributed by atoms with Gasteiger partial charge in [-0.15, -0.1) is 0 Å². The molecule has 0 aromatic heterocycles. The minimum Gasteiger partial charge on any atom is -0.508 e. The second kappa shape index (κ2) is 4.29. The number of carboxylic acid groups (broad SMARTS) is 1. The Morgan fingerprint density at radius 3 is 2.40 bits per heavy atom. The molecule has 82 valence electrons. The molecule has 0 saturated heterocycles. The van der Waals surface area contributed by atoms with Gasteiger partial charge in [-0.25, -0.2) is 5.43 Å². The lowest BCUT2D eigenvalue weighted by Gasteiger charge is -2.23. The Labute approximate surface area is 87.5 Å². The largest absolute Gasteiger partial charge is 0.508 e. The molecule has 0 fully saturated rings. The molecular formula is C10H14N2O3. The number of hydrazine groups is 1. The molecular weight excluding hydrogens is 196 g/mol. The molecule has 5 N–H and O–H groups in total. The molecule has 0 aliphatic rings. The van der Waals surface area contributed by atoms with Gasteiger partial charge in [-0.2, -0.15) is 0 Å². The Kier molecular flexibility index (Phi) is 3.28. The first kappa shape index (κ1) is 11.5. The number of nitrogens with one attached hydrogen (secondary N) is 1.